The molecule has 0 aromatic heterocycles. The molecule has 0 heterocycles. The van der Waals surface area contributed by atoms with Gasteiger partial charge in [0.2, 0.25) is 0 Å². The van der Waals surface area contributed by atoms with Crippen molar-refractivity contribution < 1.29 is 22.8 Å². The summed E-state index contributed by atoms with van der Waals surface area (Å²) in [5, 5.41) is 8.31. The van der Waals surface area contributed by atoms with Crippen molar-refractivity contribution in [2.24, 2.45) is 0 Å². The number of rotatable bonds is 3. The third-order valence-corrected chi connectivity index (χ3v) is 1.61. The largest absolute Gasteiger partial charge is 0.435 e. The first-order valence-electron chi connectivity index (χ1n) is 3.89. The molecule has 0 radical (unpaired) electrons. The van der Waals surface area contributed by atoms with Crippen LogP contribution in [0.15, 0.2) is 24.3 Å². The van der Waals surface area contributed by atoms with E-state index >= 15 is 0 Å². The van der Waals surface area contributed by atoms with Crippen molar-refractivity contribution in [2.75, 3.05) is 0 Å². The van der Waals surface area contributed by atoms with Gasteiger partial charge in [-0.1, -0.05) is 12.1 Å². The third-order valence-electron chi connectivity index (χ3n) is 1.61. The molecular formula is C8H8BF3O2. The molecular weight excluding hydrogens is 196 g/mol. The van der Waals surface area contributed by atoms with Gasteiger partial charge in [0.1, 0.15) is 0 Å². The minimum atomic E-state index is -4.34. The lowest BCUT2D eigenvalue weighted by Gasteiger charge is -2.08. The third kappa shape index (κ3) is 3.04. The standard InChI is InChI=1S/C8H8BF3O2/c10-8(11,12)7-3-1-2-6(4-7)5-14-9-13/h1-4,9,13H,5H2. The predicted molar refractivity (Wildman–Crippen MR) is 45.6 cm³/mol. The molecule has 0 saturated heterocycles. The van der Waals surface area contributed by atoms with E-state index in [2.05, 4.69) is 4.65 Å². The summed E-state index contributed by atoms with van der Waals surface area (Å²) >= 11 is 0. The molecule has 0 fully saturated rings. The lowest BCUT2D eigenvalue weighted by atomic mass is 10.1. The van der Waals surface area contributed by atoms with Crippen LogP contribution >= 0.6 is 0 Å². The maximum atomic E-state index is 12.2. The van der Waals surface area contributed by atoms with E-state index in [9.17, 15) is 13.2 Å². The fraction of sp³-hybridized carbons (Fsp3) is 0.250. The summed E-state index contributed by atoms with van der Waals surface area (Å²) in [7, 11) is -0.504. The highest BCUT2D eigenvalue weighted by Crippen LogP contribution is 2.29. The van der Waals surface area contributed by atoms with E-state index in [0.717, 1.165) is 12.1 Å². The van der Waals surface area contributed by atoms with Gasteiger partial charge in [-0.25, -0.2) is 0 Å². The van der Waals surface area contributed by atoms with Gasteiger partial charge in [-0.2, -0.15) is 13.2 Å². The molecule has 14 heavy (non-hydrogen) atoms. The van der Waals surface area contributed by atoms with Crippen LogP contribution < -0.4 is 0 Å². The van der Waals surface area contributed by atoms with Crippen molar-refractivity contribution >= 4 is 7.69 Å². The number of hydrogen-bond acceptors (Lipinski definition) is 2. The zero-order valence-electron chi connectivity index (χ0n) is 7.21. The molecule has 0 bridgehead atoms. The molecule has 0 saturated carbocycles. The van der Waals surface area contributed by atoms with Crippen LogP contribution in [0, 0.1) is 0 Å². The smallest absolute Gasteiger partial charge is 0.430 e. The second-order valence-electron chi connectivity index (χ2n) is 2.68. The first-order valence-corrected chi connectivity index (χ1v) is 3.89. The molecule has 1 aromatic rings. The van der Waals surface area contributed by atoms with Crippen LogP contribution in [0.4, 0.5) is 13.2 Å². The van der Waals surface area contributed by atoms with E-state index in [1.54, 1.807) is 0 Å². The van der Waals surface area contributed by atoms with Crippen molar-refractivity contribution in [3.05, 3.63) is 35.4 Å². The van der Waals surface area contributed by atoms with Crippen LogP contribution in [0.5, 0.6) is 0 Å². The molecule has 1 N–H and O–H groups in total. The van der Waals surface area contributed by atoms with Crippen molar-refractivity contribution in [1.82, 2.24) is 0 Å². The first-order chi connectivity index (χ1) is 6.54. The van der Waals surface area contributed by atoms with Crippen molar-refractivity contribution in [3.63, 3.8) is 0 Å². The Labute approximate surface area is 79.6 Å². The number of alkyl halides is 3. The molecule has 6 heteroatoms. The fourth-order valence-electron chi connectivity index (χ4n) is 1.00. The summed E-state index contributed by atoms with van der Waals surface area (Å²) in [6, 6.07) is 4.79. The van der Waals surface area contributed by atoms with Gasteiger partial charge in [-0.15, -0.1) is 0 Å². The summed E-state index contributed by atoms with van der Waals surface area (Å²) in [5.74, 6) is 0. The van der Waals surface area contributed by atoms with Gasteiger partial charge in [0.05, 0.1) is 12.2 Å². The van der Waals surface area contributed by atoms with Gasteiger partial charge in [-0.3, -0.25) is 0 Å². The number of benzene rings is 1. The molecule has 0 aliphatic carbocycles. The van der Waals surface area contributed by atoms with Crippen LogP contribution in [0.1, 0.15) is 11.1 Å². The molecule has 2 nitrogen and oxygen atoms in total. The second-order valence-corrected chi connectivity index (χ2v) is 2.68. The Balaban J connectivity index is 2.79. The monoisotopic (exact) mass is 204 g/mol. The van der Waals surface area contributed by atoms with E-state index < -0.39 is 19.4 Å². The van der Waals surface area contributed by atoms with Crippen LogP contribution in [0.3, 0.4) is 0 Å². The lowest BCUT2D eigenvalue weighted by Crippen LogP contribution is -2.06. The molecule has 0 unspecified atom stereocenters. The zero-order chi connectivity index (χ0) is 10.6. The fourth-order valence-corrected chi connectivity index (χ4v) is 1.00. The first kappa shape index (κ1) is 11.1. The highest BCUT2D eigenvalue weighted by molar-refractivity contribution is 6.15. The van der Waals surface area contributed by atoms with Crippen molar-refractivity contribution in [2.45, 2.75) is 12.8 Å². The predicted octanol–water partition coefficient (Wildman–Crippen LogP) is 1.48. The van der Waals surface area contributed by atoms with Crippen LogP contribution in [0.2, 0.25) is 0 Å². The summed E-state index contributed by atoms with van der Waals surface area (Å²) in [5.41, 5.74) is -0.328. The van der Waals surface area contributed by atoms with Gasteiger partial charge in [-0.05, 0) is 17.7 Å². The quantitative estimate of drug-likeness (QED) is 0.755. The molecule has 0 aliphatic rings. The van der Waals surface area contributed by atoms with Gasteiger partial charge >= 0.3 is 13.9 Å². The topological polar surface area (TPSA) is 29.5 Å². The summed E-state index contributed by atoms with van der Waals surface area (Å²) in [6.07, 6.45) is -4.34. The molecule has 76 valence electrons. The van der Waals surface area contributed by atoms with Crippen LogP contribution in [0.25, 0.3) is 0 Å². The summed E-state index contributed by atoms with van der Waals surface area (Å²) in [4.78, 5) is 0. The van der Waals surface area contributed by atoms with E-state index in [-0.39, 0.29) is 6.61 Å². The highest BCUT2D eigenvalue weighted by atomic mass is 19.4. The number of halogens is 3. The summed E-state index contributed by atoms with van der Waals surface area (Å²) < 4.78 is 41.2. The van der Waals surface area contributed by atoms with Crippen LogP contribution in [-0.4, -0.2) is 12.7 Å². The van der Waals surface area contributed by atoms with E-state index in [4.69, 9.17) is 5.02 Å². The van der Waals surface area contributed by atoms with E-state index in [0.29, 0.717) is 5.56 Å². The Bertz CT molecular complexity index is 301. The van der Waals surface area contributed by atoms with Gasteiger partial charge in [0.15, 0.2) is 0 Å². The highest BCUT2D eigenvalue weighted by Gasteiger charge is 2.30. The Morgan fingerprint density at radius 3 is 2.64 bits per heavy atom. The molecule has 0 amide bonds. The Morgan fingerprint density at radius 2 is 2.07 bits per heavy atom. The van der Waals surface area contributed by atoms with E-state index in [1.807, 2.05) is 0 Å². The van der Waals surface area contributed by atoms with Gasteiger partial charge < -0.3 is 9.68 Å². The van der Waals surface area contributed by atoms with Crippen LogP contribution in [-0.2, 0) is 17.4 Å². The van der Waals surface area contributed by atoms with Crippen molar-refractivity contribution in [3.8, 4) is 0 Å². The molecule has 1 rings (SSSR count). The maximum Gasteiger partial charge on any atom is 0.435 e. The normalized spacial score (nSPS) is 11.4. The maximum absolute atomic E-state index is 12.2. The molecule has 0 spiro atoms. The average molecular weight is 204 g/mol. The SMILES string of the molecule is OBOCc1cccc(C(F)(F)F)c1. The Hall–Kier alpha value is -1.01. The molecule has 0 atom stereocenters. The number of hydrogen-bond donors (Lipinski definition) is 1. The minimum absolute atomic E-state index is 0.0274. The zero-order valence-corrected chi connectivity index (χ0v) is 7.21. The second kappa shape index (κ2) is 4.48. The lowest BCUT2D eigenvalue weighted by molar-refractivity contribution is -0.137. The van der Waals surface area contributed by atoms with Crippen molar-refractivity contribution in [1.29, 1.82) is 0 Å². The Morgan fingerprint density at radius 1 is 1.36 bits per heavy atom. The summed E-state index contributed by atoms with van der Waals surface area (Å²) in [6.45, 7) is -0.0274. The Kier molecular flexibility index (Phi) is 3.54. The van der Waals surface area contributed by atoms with E-state index in [1.165, 1.54) is 12.1 Å². The molecule has 1 aromatic carbocycles. The minimum Gasteiger partial charge on any atom is -0.430 e. The van der Waals surface area contributed by atoms with Gasteiger partial charge in [0, 0.05) is 0 Å². The van der Waals surface area contributed by atoms with Gasteiger partial charge in [0.25, 0.3) is 0 Å². The average Bonchev–Trinajstić information content (AvgIpc) is 2.14. The molecule has 0 aliphatic heterocycles.